The van der Waals surface area contributed by atoms with Gasteiger partial charge in [-0.25, -0.2) is 4.79 Å². The van der Waals surface area contributed by atoms with Gasteiger partial charge in [-0.05, 0) is 55.5 Å². The van der Waals surface area contributed by atoms with E-state index in [0.717, 1.165) is 43.4 Å². The average Bonchev–Trinajstić information content (AvgIpc) is 3.28. The van der Waals surface area contributed by atoms with Gasteiger partial charge in [0.25, 0.3) is 0 Å². The molecular formula is C32H44N2O6. The summed E-state index contributed by atoms with van der Waals surface area (Å²) in [6.45, 7) is 9.53. The molecule has 1 fully saturated rings. The van der Waals surface area contributed by atoms with Crippen LogP contribution in [0.5, 0.6) is 17.2 Å². The molecule has 1 aliphatic rings. The van der Waals surface area contributed by atoms with Crippen LogP contribution < -0.4 is 19.5 Å². The average molecular weight is 553 g/mol. The van der Waals surface area contributed by atoms with Crippen LogP contribution in [0, 0.1) is 5.92 Å². The third kappa shape index (κ3) is 8.41. The molecule has 1 N–H and O–H groups in total. The van der Waals surface area contributed by atoms with Crippen molar-refractivity contribution in [3.8, 4) is 17.2 Å². The van der Waals surface area contributed by atoms with Gasteiger partial charge in [-0.1, -0.05) is 52.2 Å². The Bertz CT molecular complexity index is 1140. The van der Waals surface area contributed by atoms with Gasteiger partial charge in [0.2, 0.25) is 5.78 Å². The van der Waals surface area contributed by atoms with Crippen molar-refractivity contribution in [2.45, 2.75) is 72.4 Å². The Morgan fingerprint density at radius 2 is 1.70 bits per heavy atom. The molecule has 3 rings (SSSR count). The summed E-state index contributed by atoms with van der Waals surface area (Å²) in [4.78, 5) is 27.9. The number of anilines is 1. The minimum absolute atomic E-state index is 0.0221. The Hall–Kier alpha value is -3.68. The molecule has 8 heteroatoms. The highest BCUT2D eigenvalue weighted by molar-refractivity contribution is 6.22. The Balaban J connectivity index is 2.00. The number of benzene rings is 2. The highest BCUT2D eigenvalue weighted by Crippen LogP contribution is 2.33. The third-order valence-electron chi connectivity index (χ3n) is 7.00. The minimum atomic E-state index is -0.625. The van der Waals surface area contributed by atoms with E-state index in [4.69, 9.17) is 18.9 Å². The van der Waals surface area contributed by atoms with Gasteiger partial charge >= 0.3 is 5.97 Å². The van der Waals surface area contributed by atoms with Gasteiger partial charge in [0, 0.05) is 18.7 Å². The number of Topliss-reactive ketones (excluding diaryl/α,β-unsaturated/α-hetero) is 1. The predicted octanol–water partition coefficient (Wildman–Crippen LogP) is 6.35. The van der Waals surface area contributed by atoms with Crippen molar-refractivity contribution in [2.75, 3.05) is 32.8 Å². The number of hydrogen-bond acceptors (Lipinski definition) is 8. The van der Waals surface area contributed by atoms with Crippen molar-refractivity contribution in [1.29, 1.82) is 0 Å². The monoisotopic (exact) mass is 552 g/mol. The highest BCUT2D eigenvalue weighted by Gasteiger charge is 2.35. The van der Waals surface area contributed by atoms with Crippen LogP contribution >= 0.6 is 0 Å². The van der Waals surface area contributed by atoms with Gasteiger partial charge < -0.3 is 29.2 Å². The van der Waals surface area contributed by atoms with Crippen LogP contribution in [-0.4, -0.2) is 50.1 Å². The number of rotatable bonds is 16. The molecule has 0 spiro atoms. The summed E-state index contributed by atoms with van der Waals surface area (Å²) in [5.41, 5.74) is 1.66. The Morgan fingerprint density at radius 3 is 2.30 bits per heavy atom. The Morgan fingerprint density at radius 1 is 0.975 bits per heavy atom. The number of carbonyl (C=O) groups excluding carboxylic acids is 2. The predicted molar refractivity (Wildman–Crippen MR) is 157 cm³/mol. The number of ether oxygens (including phenoxy) is 4. The maximum atomic E-state index is 13.0. The Labute approximate surface area is 238 Å². The van der Waals surface area contributed by atoms with Gasteiger partial charge in [0.05, 0.1) is 26.5 Å². The molecule has 0 radical (unpaired) electrons. The number of nitrogens with one attached hydrogen (secondary N) is 1. The fraction of sp³-hybridized carbons (Fsp3) is 0.500. The molecule has 0 bridgehead atoms. The lowest BCUT2D eigenvalue weighted by atomic mass is 10.1. The second kappa shape index (κ2) is 15.2. The van der Waals surface area contributed by atoms with E-state index >= 15 is 0 Å². The number of unbranched alkanes of at least 4 members (excludes halogenated alkanes) is 2. The van der Waals surface area contributed by atoms with Crippen LogP contribution in [0.3, 0.4) is 0 Å². The normalized spacial score (nSPS) is 15.1. The smallest absolute Gasteiger partial charge is 0.346 e. The first kappa shape index (κ1) is 30.9. The van der Waals surface area contributed by atoms with Crippen LogP contribution in [0.15, 0.2) is 53.9 Å². The van der Waals surface area contributed by atoms with E-state index in [-0.39, 0.29) is 24.0 Å². The third-order valence-corrected chi connectivity index (χ3v) is 7.00. The first-order chi connectivity index (χ1) is 19.3. The molecule has 1 atom stereocenters. The molecule has 0 saturated carbocycles. The summed E-state index contributed by atoms with van der Waals surface area (Å²) in [6, 6.07) is 13.4. The fourth-order valence-corrected chi connectivity index (χ4v) is 4.53. The first-order valence-corrected chi connectivity index (χ1v) is 14.2. The molecule has 1 unspecified atom stereocenters. The maximum absolute atomic E-state index is 13.0. The van der Waals surface area contributed by atoms with Crippen LogP contribution in [0.1, 0.15) is 65.4 Å². The van der Waals surface area contributed by atoms with Crippen molar-refractivity contribution in [3.63, 3.8) is 0 Å². The molecule has 40 heavy (non-hydrogen) atoms. The molecular weight excluding hydrogens is 508 g/mol. The topological polar surface area (TPSA) is 86.3 Å². The van der Waals surface area contributed by atoms with E-state index in [1.165, 1.54) is 0 Å². The van der Waals surface area contributed by atoms with Crippen molar-refractivity contribution in [3.05, 3.63) is 59.4 Å². The molecule has 1 saturated heterocycles. The quantitative estimate of drug-likeness (QED) is 0.112. The first-order valence-electron chi connectivity index (χ1n) is 14.2. The van der Waals surface area contributed by atoms with Crippen molar-refractivity contribution in [1.82, 2.24) is 4.90 Å². The number of methoxy groups -OCH3 is 2. The summed E-state index contributed by atoms with van der Waals surface area (Å²) >= 11 is 0. The molecule has 1 heterocycles. The number of nitrogens with zero attached hydrogens (tertiary/aromatic N) is 1. The maximum Gasteiger partial charge on any atom is 0.346 e. The molecule has 2 aromatic carbocycles. The van der Waals surface area contributed by atoms with E-state index in [1.54, 1.807) is 26.4 Å². The van der Waals surface area contributed by atoms with Crippen molar-refractivity contribution < 1.29 is 28.5 Å². The van der Waals surface area contributed by atoms with E-state index < -0.39 is 5.97 Å². The molecule has 8 nitrogen and oxygen atoms in total. The van der Waals surface area contributed by atoms with Gasteiger partial charge in [0.15, 0.2) is 6.61 Å². The highest BCUT2D eigenvalue weighted by atomic mass is 16.5. The number of hydrogen-bond donors (Lipinski definition) is 1. The largest absolute Gasteiger partial charge is 0.497 e. The summed E-state index contributed by atoms with van der Waals surface area (Å²) in [5.74, 6) is 2.00. The summed E-state index contributed by atoms with van der Waals surface area (Å²) in [5, 5.41) is 3.37. The zero-order valence-corrected chi connectivity index (χ0v) is 24.7. The van der Waals surface area contributed by atoms with Gasteiger partial charge in [-0.15, -0.1) is 0 Å². The van der Waals surface area contributed by atoms with E-state index in [2.05, 4.69) is 37.9 Å². The molecule has 2 aromatic rings. The van der Waals surface area contributed by atoms with Crippen LogP contribution in [0.2, 0.25) is 0 Å². The van der Waals surface area contributed by atoms with E-state index in [1.807, 2.05) is 30.3 Å². The lowest BCUT2D eigenvalue weighted by Crippen LogP contribution is -2.37. The van der Waals surface area contributed by atoms with Crippen molar-refractivity contribution >= 4 is 17.4 Å². The summed E-state index contributed by atoms with van der Waals surface area (Å²) < 4.78 is 22.0. The SMILES string of the molecule is CCCCCC(C)N(Cc1ccc(OCCC(C)C)cc1)C(Nc1ccc(OC)cc1OC)=C1C(=O)COC1=O. The zero-order chi connectivity index (χ0) is 29.1. The zero-order valence-electron chi connectivity index (χ0n) is 24.7. The fourth-order valence-electron chi connectivity index (χ4n) is 4.53. The molecule has 0 aliphatic carbocycles. The number of cyclic esters (lactones) is 1. The number of ketones is 1. The van der Waals surface area contributed by atoms with Crippen molar-refractivity contribution in [2.24, 2.45) is 5.92 Å². The Kier molecular flexibility index (Phi) is 11.7. The van der Waals surface area contributed by atoms with Gasteiger partial charge in [-0.3, -0.25) is 4.79 Å². The van der Waals surface area contributed by atoms with E-state index in [0.29, 0.717) is 42.1 Å². The summed E-state index contributed by atoms with van der Waals surface area (Å²) in [7, 11) is 3.15. The lowest BCUT2D eigenvalue weighted by Gasteiger charge is -2.35. The lowest BCUT2D eigenvalue weighted by molar-refractivity contribution is -0.135. The van der Waals surface area contributed by atoms with Crippen LogP contribution in [0.25, 0.3) is 0 Å². The molecule has 0 amide bonds. The van der Waals surface area contributed by atoms with E-state index in [9.17, 15) is 9.59 Å². The van der Waals surface area contributed by atoms with Gasteiger partial charge in [0.1, 0.15) is 28.6 Å². The molecule has 218 valence electrons. The molecule has 0 aromatic heterocycles. The number of esters is 1. The number of carbonyl (C=O) groups is 2. The minimum Gasteiger partial charge on any atom is -0.497 e. The second-order valence-electron chi connectivity index (χ2n) is 10.6. The standard InChI is InChI=1S/C32H44N2O6/c1-7-8-9-10-23(4)34(20-24-11-13-25(14-12-24)39-18-17-22(2)3)31(30-28(35)21-40-32(30)36)33-27-16-15-26(37-5)19-29(27)38-6/h11-16,19,22-23,33H,7-10,17-18,20-21H2,1-6H3. The van der Waals surface area contributed by atoms with Gasteiger partial charge in [-0.2, -0.15) is 0 Å². The van der Waals surface area contributed by atoms with Crippen LogP contribution in [0.4, 0.5) is 5.69 Å². The second-order valence-corrected chi connectivity index (χ2v) is 10.6. The summed E-state index contributed by atoms with van der Waals surface area (Å²) in [6.07, 6.45) is 5.12. The molecule has 1 aliphatic heterocycles. The van der Waals surface area contributed by atoms with Crippen LogP contribution in [-0.2, 0) is 20.9 Å².